The number of aromatic nitrogens is 1. The highest BCUT2D eigenvalue weighted by molar-refractivity contribution is 7.14. The summed E-state index contributed by atoms with van der Waals surface area (Å²) in [6, 6.07) is 3.26. The van der Waals surface area contributed by atoms with Gasteiger partial charge in [0.05, 0.1) is 16.7 Å². The Bertz CT molecular complexity index is 1080. The Labute approximate surface area is 205 Å². The van der Waals surface area contributed by atoms with Crippen LogP contribution in [0.5, 0.6) is 0 Å². The van der Waals surface area contributed by atoms with E-state index in [0.717, 1.165) is 44.5 Å². The molecule has 1 saturated heterocycles. The van der Waals surface area contributed by atoms with Gasteiger partial charge in [0.1, 0.15) is 6.67 Å². The molecule has 1 aromatic heterocycles. The van der Waals surface area contributed by atoms with Gasteiger partial charge in [0.15, 0.2) is 5.13 Å². The van der Waals surface area contributed by atoms with Crippen LogP contribution in [0.1, 0.15) is 61.4 Å². The van der Waals surface area contributed by atoms with Crippen LogP contribution in [0.4, 0.5) is 22.7 Å². The van der Waals surface area contributed by atoms with Gasteiger partial charge >= 0.3 is 6.18 Å². The van der Waals surface area contributed by atoms with Crippen LogP contribution in [0.25, 0.3) is 0 Å². The van der Waals surface area contributed by atoms with Gasteiger partial charge in [-0.25, -0.2) is 9.37 Å². The summed E-state index contributed by atoms with van der Waals surface area (Å²) in [5, 5.41) is 7.61. The molecule has 1 aliphatic carbocycles. The van der Waals surface area contributed by atoms with Crippen molar-refractivity contribution in [1.82, 2.24) is 15.2 Å². The number of nitrogens with zero attached hydrogens (tertiary/aromatic N) is 2. The number of nitrogens with one attached hydrogen (secondary N) is 2. The van der Waals surface area contributed by atoms with E-state index in [1.165, 1.54) is 24.3 Å². The zero-order chi connectivity index (χ0) is 25.2. The lowest BCUT2D eigenvalue weighted by atomic mass is 9.81. The quantitative estimate of drug-likeness (QED) is 0.523. The van der Waals surface area contributed by atoms with Gasteiger partial charge in [-0.2, -0.15) is 13.2 Å². The molecule has 2 amide bonds. The lowest BCUT2D eigenvalue weighted by Crippen LogP contribution is -2.44. The van der Waals surface area contributed by atoms with Crippen molar-refractivity contribution in [1.29, 1.82) is 0 Å². The fraction of sp³-hybridized carbons (Fsp3) is 0.542. The number of hydrogen-bond acceptors (Lipinski definition) is 5. The number of hydrogen-bond donors (Lipinski definition) is 2. The van der Waals surface area contributed by atoms with Crippen LogP contribution in [0.15, 0.2) is 23.6 Å². The minimum Gasteiger partial charge on any atom is -0.351 e. The number of likely N-dealkylation sites (tertiary alicyclic amines) is 1. The van der Waals surface area contributed by atoms with Gasteiger partial charge in [0.2, 0.25) is 11.8 Å². The summed E-state index contributed by atoms with van der Waals surface area (Å²) in [6.45, 7) is 2.15. The van der Waals surface area contributed by atoms with Crippen molar-refractivity contribution in [2.24, 2.45) is 0 Å². The first-order chi connectivity index (χ1) is 16.6. The first kappa shape index (κ1) is 25.6. The molecule has 0 bridgehead atoms. The Morgan fingerprint density at radius 1 is 1.20 bits per heavy atom. The summed E-state index contributed by atoms with van der Waals surface area (Å²) >= 11 is 1.23. The van der Waals surface area contributed by atoms with Gasteiger partial charge in [0.25, 0.3) is 0 Å². The number of benzene rings is 1. The number of amides is 2. The average molecular weight is 513 g/mol. The largest absolute Gasteiger partial charge is 0.416 e. The van der Waals surface area contributed by atoms with Crippen LogP contribution >= 0.6 is 11.3 Å². The molecule has 1 saturated carbocycles. The van der Waals surface area contributed by atoms with E-state index in [-0.39, 0.29) is 35.5 Å². The van der Waals surface area contributed by atoms with E-state index in [9.17, 15) is 27.2 Å². The van der Waals surface area contributed by atoms with Gasteiger partial charge < -0.3 is 15.5 Å². The maximum Gasteiger partial charge on any atom is 0.416 e. The van der Waals surface area contributed by atoms with Crippen LogP contribution in [0.3, 0.4) is 0 Å². The van der Waals surface area contributed by atoms with Crippen LogP contribution < -0.4 is 10.6 Å². The third-order valence-corrected chi connectivity index (χ3v) is 7.60. The van der Waals surface area contributed by atoms with Crippen LogP contribution in [0, 0.1) is 0 Å². The van der Waals surface area contributed by atoms with Crippen molar-refractivity contribution < 1.29 is 27.2 Å². The maximum atomic E-state index is 13.6. The summed E-state index contributed by atoms with van der Waals surface area (Å²) in [4.78, 5) is 32.0. The lowest BCUT2D eigenvalue weighted by Gasteiger charge is -2.29. The van der Waals surface area contributed by atoms with E-state index in [1.54, 1.807) is 5.38 Å². The SMILES string of the molecule is CC(=O)Nc1nc(C2(C(=O)NCc3cc(CF)cc(C(F)(F)F)c3)CCC(N3CCCC3)C2)cs1. The molecule has 2 fully saturated rings. The van der Waals surface area contributed by atoms with Gasteiger partial charge in [0, 0.05) is 24.9 Å². The standard InChI is InChI=1S/C24H28F4N4O2S/c1-15(33)30-22-31-20(14-35-22)23(5-4-19(11-23)32-6-2-3-7-32)21(34)29-13-17-8-16(12-25)9-18(10-17)24(26,27)28/h8-10,14,19H,2-7,11-13H2,1H3,(H,29,34)(H,30,31,33). The molecule has 0 radical (unpaired) electrons. The third-order valence-electron chi connectivity index (χ3n) is 6.84. The van der Waals surface area contributed by atoms with Crippen molar-refractivity contribution in [3.05, 3.63) is 46.0 Å². The fourth-order valence-electron chi connectivity index (χ4n) is 5.15. The van der Waals surface area contributed by atoms with E-state index < -0.39 is 23.8 Å². The predicted molar refractivity (Wildman–Crippen MR) is 125 cm³/mol. The first-order valence-corrected chi connectivity index (χ1v) is 12.5. The topological polar surface area (TPSA) is 74.3 Å². The van der Waals surface area contributed by atoms with Crippen LogP contribution in [0.2, 0.25) is 0 Å². The molecule has 0 spiro atoms. The van der Waals surface area contributed by atoms with Crippen molar-refractivity contribution >= 4 is 28.3 Å². The molecule has 2 atom stereocenters. The lowest BCUT2D eigenvalue weighted by molar-refractivity contribution is -0.137. The highest BCUT2D eigenvalue weighted by atomic mass is 32.1. The van der Waals surface area contributed by atoms with Crippen molar-refractivity contribution in [2.45, 2.75) is 69.9 Å². The summed E-state index contributed by atoms with van der Waals surface area (Å²) < 4.78 is 52.9. The number of rotatable bonds is 7. The first-order valence-electron chi connectivity index (χ1n) is 11.6. The molecule has 4 rings (SSSR count). The minimum atomic E-state index is -4.61. The van der Waals surface area contributed by atoms with Crippen molar-refractivity contribution in [3.63, 3.8) is 0 Å². The molecule has 2 N–H and O–H groups in total. The molecule has 2 aliphatic rings. The highest BCUT2D eigenvalue weighted by Gasteiger charge is 2.49. The van der Waals surface area contributed by atoms with Gasteiger partial charge in [-0.15, -0.1) is 11.3 Å². The third kappa shape index (κ3) is 5.66. The molecule has 1 aliphatic heterocycles. The molecule has 6 nitrogen and oxygen atoms in total. The summed E-state index contributed by atoms with van der Waals surface area (Å²) in [5.41, 5.74) is -1.25. The molecular formula is C24H28F4N4O2S. The number of halogens is 4. The monoisotopic (exact) mass is 512 g/mol. The second kappa shape index (κ2) is 10.2. The number of anilines is 1. The van der Waals surface area contributed by atoms with Crippen molar-refractivity contribution in [2.75, 3.05) is 18.4 Å². The van der Waals surface area contributed by atoms with Crippen molar-refractivity contribution in [3.8, 4) is 0 Å². The summed E-state index contributed by atoms with van der Waals surface area (Å²) in [6.07, 6.45) is -0.491. The molecule has 11 heteroatoms. The second-order valence-corrected chi connectivity index (χ2v) is 10.2. The zero-order valence-electron chi connectivity index (χ0n) is 19.4. The fourth-order valence-corrected chi connectivity index (χ4v) is 6.01. The molecule has 2 aromatic rings. The molecule has 35 heavy (non-hydrogen) atoms. The molecule has 2 unspecified atom stereocenters. The second-order valence-electron chi connectivity index (χ2n) is 9.29. The Balaban J connectivity index is 1.58. The maximum absolute atomic E-state index is 13.6. The van der Waals surface area contributed by atoms with Gasteiger partial charge in [-0.05, 0) is 68.5 Å². The summed E-state index contributed by atoms with van der Waals surface area (Å²) in [7, 11) is 0. The Hall–Kier alpha value is -2.53. The normalized spacial score (nSPS) is 22.9. The molecule has 1 aromatic carbocycles. The van der Waals surface area contributed by atoms with E-state index in [0.29, 0.717) is 23.7 Å². The van der Waals surface area contributed by atoms with E-state index in [4.69, 9.17) is 0 Å². The van der Waals surface area contributed by atoms with Crippen LogP contribution in [-0.4, -0.2) is 40.8 Å². The number of carbonyl (C=O) groups excluding carboxylic acids is 2. The molecule has 2 heterocycles. The zero-order valence-corrected chi connectivity index (χ0v) is 20.2. The molecule has 190 valence electrons. The number of thiazole rings is 1. The predicted octanol–water partition coefficient (Wildman–Crippen LogP) is 4.79. The smallest absolute Gasteiger partial charge is 0.351 e. The summed E-state index contributed by atoms with van der Waals surface area (Å²) in [5.74, 6) is -0.586. The highest BCUT2D eigenvalue weighted by Crippen LogP contribution is 2.45. The van der Waals surface area contributed by atoms with Gasteiger partial charge in [-0.3, -0.25) is 9.59 Å². The van der Waals surface area contributed by atoms with Crippen LogP contribution in [-0.2, 0) is 34.4 Å². The number of alkyl halides is 4. The van der Waals surface area contributed by atoms with Gasteiger partial charge in [-0.1, -0.05) is 6.07 Å². The Morgan fingerprint density at radius 3 is 2.57 bits per heavy atom. The Morgan fingerprint density at radius 2 is 1.91 bits per heavy atom. The Kier molecular flexibility index (Phi) is 7.46. The van der Waals surface area contributed by atoms with E-state index >= 15 is 0 Å². The van der Waals surface area contributed by atoms with E-state index in [1.807, 2.05) is 0 Å². The molecular weight excluding hydrogens is 484 g/mol. The van der Waals surface area contributed by atoms with E-state index in [2.05, 4.69) is 20.5 Å². The average Bonchev–Trinajstić information content (AvgIpc) is 3.57. The minimum absolute atomic E-state index is 0.0896. The number of carbonyl (C=O) groups is 2.